The zero-order chi connectivity index (χ0) is 37.3. The first kappa shape index (κ1) is 39.3. The van der Waals surface area contributed by atoms with E-state index in [9.17, 15) is 31.2 Å². The fraction of sp³-hybridized carbons (Fsp3) is 0.514. The van der Waals surface area contributed by atoms with Crippen LogP contribution in [0.1, 0.15) is 64.2 Å². The van der Waals surface area contributed by atoms with Gasteiger partial charge in [0.05, 0.1) is 6.61 Å². The van der Waals surface area contributed by atoms with Crippen LogP contribution in [0.15, 0.2) is 52.9 Å². The van der Waals surface area contributed by atoms with Gasteiger partial charge in [-0.1, -0.05) is 52.8 Å². The first-order valence-electron chi connectivity index (χ1n) is 16.6. The quantitative estimate of drug-likeness (QED) is 0.260. The molecule has 0 saturated carbocycles. The summed E-state index contributed by atoms with van der Waals surface area (Å²) in [5.74, 6) is -1.04. The third kappa shape index (κ3) is 9.22. The highest BCUT2D eigenvalue weighted by Gasteiger charge is 2.47. The minimum absolute atomic E-state index is 0.0231. The number of aliphatic imine (C=N–C) groups is 1. The van der Waals surface area contributed by atoms with Crippen molar-refractivity contribution in [1.29, 1.82) is 0 Å². The van der Waals surface area contributed by atoms with Crippen LogP contribution in [0.2, 0.25) is 18.1 Å². The molecule has 274 valence electrons. The molecule has 10 nitrogen and oxygen atoms in total. The molecule has 0 aliphatic carbocycles. The van der Waals surface area contributed by atoms with Crippen molar-refractivity contribution in [3.8, 4) is 5.75 Å². The second kappa shape index (κ2) is 14.6. The normalized spacial score (nSPS) is 17.4. The molecule has 0 aromatic heterocycles. The molecule has 1 saturated heterocycles. The van der Waals surface area contributed by atoms with Crippen molar-refractivity contribution < 1.29 is 40.3 Å². The van der Waals surface area contributed by atoms with Gasteiger partial charge in [0.1, 0.15) is 17.1 Å². The standard InChI is InChI=1S/C35H47F3N4O6SSi/c1-24(2)31(43)42(19-20-47-50(7,8)33(4,5)6)28-13-12-26(25(3)22-28)14-21-49(45,46)41-17-15-34(16-18-41)32(44)39-30(40-34)27-10-9-11-29(23-27)48-35(36,37)38/h9-14,21-24H,15-20H2,1-8H3,(H,39,40,44)/b21-14+. The van der Waals surface area contributed by atoms with Crippen LogP contribution in [0.3, 0.4) is 0 Å². The molecule has 0 radical (unpaired) electrons. The van der Waals surface area contributed by atoms with Gasteiger partial charge >= 0.3 is 6.36 Å². The lowest BCUT2D eigenvalue weighted by molar-refractivity contribution is -0.274. The molecule has 50 heavy (non-hydrogen) atoms. The first-order valence-corrected chi connectivity index (χ1v) is 21.0. The number of rotatable bonds is 11. The van der Waals surface area contributed by atoms with Crippen LogP contribution >= 0.6 is 0 Å². The van der Waals surface area contributed by atoms with Crippen LogP contribution in [-0.4, -0.2) is 76.8 Å². The highest BCUT2D eigenvalue weighted by molar-refractivity contribution is 7.92. The maximum Gasteiger partial charge on any atom is 0.573 e. The summed E-state index contributed by atoms with van der Waals surface area (Å²) in [6.45, 7) is 17.2. The van der Waals surface area contributed by atoms with E-state index in [0.29, 0.717) is 24.4 Å². The largest absolute Gasteiger partial charge is 0.573 e. The molecule has 1 N–H and O–H groups in total. The molecule has 0 bridgehead atoms. The number of anilines is 1. The number of amides is 2. The zero-order valence-electron chi connectivity index (χ0n) is 29.8. The van der Waals surface area contributed by atoms with Gasteiger partial charge in [-0.3, -0.25) is 14.6 Å². The average molecular weight is 737 g/mol. The van der Waals surface area contributed by atoms with Crippen molar-refractivity contribution in [1.82, 2.24) is 9.62 Å². The van der Waals surface area contributed by atoms with Gasteiger partial charge in [0.25, 0.3) is 5.91 Å². The van der Waals surface area contributed by atoms with E-state index in [4.69, 9.17) is 4.43 Å². The van der Waals surface area contributed by atoms with Crippen molar-refractivity contribution in [3.05, 3.63) is 64.6 Å². The highest BCUT2D eigenvalue weighted by Crippen LogP contribution is 2.37. The number of alkyl halides is 3. The number of benzene rings is 2. The predicted molar refractivity (Wildman–Crippen MR) is 191 cm³/mol. The monoisotopic (exact) mass is 736 g/mol. The smallest absolute Gasteiger partial charge is 0.415 e. The van der Waals surface area contributed by atoms with E-state index < -0.39 is 41.9 Å². The van der Waals surface area contributed by atoms with Crippen LogP contribution in [0, 0.1) is 12.8 Å². The summed E-state index contributed by atoms with van der Waals surface area (Å²) >= 11 is 0. The summed E-state index contributed by atoms with van der Waals surface area (Å²) in [5.41, 5.74) is 1.17. The third-order valence-corrected chi connectivity index (χ3v) is 15.7. The van der Waals surface area contributed by atoms with Gasteiger partial charge in [-0.25, -0.2) is 8.42 Å². The highest BCUT2D eigenvalue weighted by atomic mass is 32.2. The molecule has 4 rings (SSSR count). The van der Waals surface area contributed by atoms with Crippen LogP contribution in [0.5, 0.6) is 5.75 Å². The molecule has 1 fully saturated rings. The number of halogens is 3. The van der Waals surface area contributed by atoms with Crippen molar-refractivity contribution in [2.45, 2.75) is 84.4 Å². The van der Waals surface area contributed by atoms with E-state index in [0.717, 1.165) is 23.1 Å². The van der Waals surface area contributed by atoms with E-state index in [1.807, 2.05) is 26.8 Å². The Labute approximate surface area is 293 Å². The number of sulfonamides is 1. The van der Waals surface area contributed by atoms with E-state index >= 15 is 0 Å². The fourth-order valence-corrected chi connectivity index (χ4v) is 7.71. The number of carbonyl (C=O) groups is 2. The van der Waals surface area contributed by atoms with Crippen LogP contribution < -0.4 is 15.0 Å². The Morgan fingerprint density at radius 2 is 1.78 bits per heavy atom. The molecule has 0 unspecified atom stereocenters. The summed E-state index contributed by atoms with van der Waals surface area (Å²) in [4.78, 5) is 32.4. The van der Waals surface area contributed by atoms with Crippen molar-refractivity contribution >= 4 is 47.8 Å². The number of carbonyl (C=O) groups excluding carboxylic acids is 2. The molecule has 2 amide bonds. The van der Waals surface area contributed by atoms with Crippen LogP contribution in [-0.2, 0) is 24.0 Å². The van der Waals surface area contributed by atoms with Gasteiger partial charge in [-0.05, 0) is 79.4 Å². The number of ether oxygens (including phenoxy) is 1. The van der Waals surface area contributed by atoms with E-state index in [1.165, 1.54) is 22.5 Å². The van der Waals surface area contributed by atoms with Gasteiger partial charge in [-0.2, -0.15) is 4.31 Å². The van der Waals surface area contributed by atoms with Crippen LogP contribution in [0.4, 0.5) is 18.9 Å². The molecule has 1 spiro atoms. The summed E-state index contributed by atoms with van der Waals surface area (Å²) in [6, 6.07) is 10.6. The SMILES string of the molecule is Cc1cc(N(CCO[Si](C)(C)C(C)(C)C)C(=O)C(C)C)ccc1/C=C/S(=O)(=O)N1CCC2(CC1)N=C(c1cccc(OC(F)(F)F)c1)NC2=O. The van der Waals surface area contributed by atoms with Crippen molar-refractivity contribution in [2.75, 3.05) is 31.1 Å². The number of piperidine rings is 1. The minimum Gasteiger partial charge on any atom is -0.415 e. The van der Waals surface area contributed by atoms with E-state index in [-0.39, 0.29) is 54.2 Å². The summed E-state index contributed by atoms with van der Waals surface area (Å²) in [7, 11) is -5.87. The van der Waals surface area contributed by atoms with Crippen molar-refractivity contribution in [2.24, 2.45) is 10.9 Å². The van der Waals surface area contributed by atoms with Crippen LogP contribution in [0.25, 0.3) is 6.08 Å². The summed E-state index contributed by atoms with van der Waals surface area (Å²) < 4.78 is 76.4. The van der Waals surface area contributed by atoms with E-state index in [1.54, 1.807) is 17.0 Å². The fourth-order valence-electron chi connectivity index (χ4n) is 5.49. The maximum atomic E-state index is 13.3. The Morgan fingerprint density at radius 1 is 1.12 bits per heavy atom. The Hall–Kier alpha value is -3.53. The third-order valence-electron chi connectivity index (χ3n) is 9.56. The predicted octanol–water partition coefficient (Wildman–Crippen LogP) is 6.62. The Bertz CT molecular complexity index is 1760. The number of nitrogens with zero attached hydrogens (tertiary/aromatic N) is 3. The van der Waals surface area contributed by atoms with Gasteiger partial charge < -0.3 is 19.4 Å². The number of hydrogen-bond donors (Lipinski definition) is 1. The maximum absolute atomic E-state index is 13.3. The molecule has 2 heterocycles. The second-order valence-corrected chi connectivity index (χ2v) is 21.2. The van der Waals surface area contributed by atoms with Gasteiger partial charge in [0, 0.05) is 42.2 Å². The average Bonchev–Trinajstić information content (AvgIpc) is 3.32. The van der Waals surface area contributed by atoms with Gasteiger partial charge in [0.2, 0.25) is 15.9 Å². The Morgan fingerprint density at radius 3 is 2.36 bits per heavy atom. The van der Waals surface area contributed by atoms with E-state index in [2.05, 4.69) is 48.9 Å². The molecule has 2 aliphatic heterocycles. The zero-order valence-corrected chi connectivity index (χ0v) is 31.7. The lowest BCUT2D eigenvalue weighted by atomic mass is 9.89. The minimum atomic E-state index is -4.87. The topological polar surface area (TPSA) is 118 Å². The Balaban J connectivity index is 1.43. The number of amidine groups is 1. The second-order valence-electron chi connectivity index (χ2n) is 14.6. The summed E-state index contributed by atoms with van der Waals surface area (Å²) in [6.07, 6.45) is -3.16. The molecular weight excluding hydrogens is 690 g/mol. The Kier molecular flexibility index (Phi) is 11.5. The van der Waals surface area contributed by atoms with Crippen molar-refractivity contribution in [3.63, 3.8) is 0 Å². The molecular formula is C35H47F3N4O6SSi. The molecule has 2 aromatic rings. The lowest BCUT2D eigenvalue weighted by Crippen LogP contribution is -2.50. The molecule has 2 aromatic carbocycles. The first-order chi connectivity index (χ1) is 23.0. The number of hydrogen-bond acceptors (Lipinski definition) is 7. The number of aryl methyl sites for hydroxylation is 1. The molecule has 15 heteroatoms. The summed E-state index contributed by atoms with van der Waals surface area (Å²) in [5, 5.41) is 3.81. The van der Waals surface area contributed by atoms with Gasteiger partial charge in [-0.15, -0.1) is 13.2 Å². The number of nitrogens with one attached hydrogen (secondary N) is 1. The molecule has 2 aliphatic rings. The molecule has 0 atom stereocenters. The lowest BCUT2D eigenvalue weighted by Gasteiger charge is -2.37. The van der Waals surface area contributed by atoms with Gasteiger partial charge in [0.15, 0.2) is 8.32 Å².